The summed E-state index contributed by atoms with van der Waals surface area (Å²) >= 11 is 9.11. The first-order chi connectivity index (χ1) is 9.01. The minimum absolute atomic E-state index is 0.305. The number of nitriles is 1. The van der Waals surface area contributed by atoms with Crippen molar-refractivity contribution < 1.29 is 4.39 Å². The van der Waals surface area contributed by atoms with E-state index in [1.54, 1.807) is 24.3 Å². The molecule has 1 N–H and O–H groups in total. The lowest BCUT2D eigenvalue weighted by molar-refractivity contribution is 0.620. The van der Waals surface area contributed by atoms with E-state index in [-0.39, 0.29) is 5.82 Å². The van der Waals surface area contributed by atoms with Crippen LogP contribution in [0.5, 0.6) is 0 Å². The Balaban J connectivity index is 2.34. The van der Waals surface area contributed by atoms with Crippen molar-refractivity contribution in [2.75, 3.05) is 5.32 Å². The average molecular weight is 340 g/mol. The quantitative estimate of drug-likeness (QED) is 0.819. The summed E-state index contributed by atoms with van der Waals surface area (Å²) < 4.78 is 13.7. The maximum Gasteiger partial charge on any atom is 0.137 e. The van der Waals surface area contributed by atoms with E-state index in [4.69, 9.17) is 16.9 Å². The third-order valence-corrected chi connectivity index (χ3v) is 3.56. The van der Waals surface area contributed by atoms with Crippen LogP contribution in [0.2, 0.25) is 5.02 Å². The highest BCUT2D eigenvalue weighted by Gasteiger charge is 2.07. The van der Waals surface area contributed by atoms with Gasteiger partial charge in [0.25, 0.3) is 0 Å². The van der Waals surface area contributed by atoms with Gasteiger partial charge in [-0.05, 0) is 58.7 Å². The van der Waals surface area contributed by atoms with E-state index in [1.165, 1.54) is 6.07 Å². The molecular weight excluding hydrogens is 331 g/mol. The van der Waals surface area contributed by atoms with E-state index in [0.717, 1.165) is 16.9 Å². The van der Waals surface area contributed by atoms with Gasteiger partial charge >= 0.3 is 0 Å². The molecule has 0 aliphatic rings. The maximum atomic E-state index is 13.3. The van der Waals surface area contributed by atoms with Gasteiger partial charge in [0.05, 0.1) is 15.1 Å². The Hall–Kier alpha value is -1.57. The zero-order valence-electron chi connectivity index (χ0n) is 9.97. The van der Waals surface area contributed by atoms with E-state index in [9.17, 15) is 4.39 Å². The molecule has 0 aliphatic carbocycles. The van der Waals surface area contributed by atoms with Crippen LogP contribution < -0.4 is 5.32 Å². The standard InChI is InChI=1S/C14H9BrClFN2/c1-8-4-13(17)11(15)6-14(8)19-10-3-2-9(7-18)12(16)5-10/h2-6,19H,1H3. The van der Waals surface area contributed by atoms with Gasteiger partial charge in [-0.15, -0.1) is 0 Å². The largest absolute Gasteiger partial charge is 0.355 e. The molecule has 96 valence electrons. The minimum Gasteiger partial charge on any atom is -0.355 e. The predicted molar refractivity (Wildman–Crippen MR) is 78.3 cm³/mol. The number of hydrogen-bond donors (Lipinski definition) is 1. The summed E-state index contributed by atoms with van der Waals surface area (Å²) in [5, 5.41) is 12.3. The van der Waals surface area contributed by atoms with Gasteiger partial charge in [-0.2, -0.15) is 5.26 Å². The molecule has 0 radical (unpaired) electrons. The topological polar surface area (TPSA) is 35.8 Å². The van der Waals surface area contributed by atoms with Crippen LogP contribution in [0.25, 0.3) is 0 Å². The summed E-state index contributed by atoms with van der Waals surface area (Å²) in [5.41, 5.74) is 2.71. The van der Waals surface area contributed by atoms with Crippen LogP contribution in [0.15, 0.2) is 34.8 Å². The summed E-state index contributed by atoms with van der Waals surface area (Å²) in [7, 11) is 0. The fourth-order valence-electron chi connectivity index (χ4n) is 1.62. The van der Waals surface area contributed by atoms with E-state index in [0.29, 0.717) is 15.1 Å². The summed E-state index contributed by atoms with van der Waals surface area (Å²) in [6.07, 6.45) is 0. The number of aryl methyl sites for hydroxylation is 1. The molecule has 2 nitrogen and oxygen atoms in total. The first-order valence-corrected chi connectivity index (χ1v) is 6.60. The number of rotatable bonds is 2. The molecule has 2 aromatic carbocycles. The van der Waals surface area contributed by atoms with Gasteiger partial charge in [0.15, 0.2) is 0 Å². The van der Waals surface area contributed by atoms with Crippen molar-refractivity contribution in [3.8, 4) is 6.07 Å². The molecule has 0 aromatic heterocycles. The highest BCUT2D eigenvalue weighted by Crippen LogP contribution is 2.28. The lowest BCUT2D eigenvalue weighted by atomic mass is 10.1. The fraction of sp³-hybridized carbons (Fsp3) is 0.0714. The molecule has 0 saturated carbocycles. The second-order valence-corrected chi connectivity index (χ2v) is 5.27. The molecule has 0 bridgehead atoms. The van der Waals surface area contributed by atoms with Crippen LogP contribution in [-0.2, 0) is 0 Å². The summed E-state index contributed by atoms with van der Waals surface area (Å²) in [6.45, 7) is 1.81. The fourth-order valence-corrected chi connectivity index (χ4v) is 2.19. The van der Waals surface area contributed by atoms with E-state index in [1.807, 2.05) is 13.0 Å². The van der Waals surface area contributed by atoms with Gasteiger partial charge in [0.2, 0.25) is 0 Å². The van der Waals surface area contributed by atoms with Crippen molar-refractivity contribution in [1.29, 1.82) is 5.26 Å². The molecular formula is C14H9BrClFN2. The number of hydrogen-bond acceptors (Lipinski definition) is 2. The Kier molecular flexibility index (Phi) is 4.08. The van der Waals surface area contributed by atoms with Gasteiger partial charge in [-0.3, -0.25) is 0 Å². The van der Waals surface area contributed by atoms with Gasteiger partial charge < -0.3 is 5.32 Å². The molecule has 0 saturated heterocycles. The normalized spacial score (nSPS) is 10.1. The van der Waals surface area contributed by atoms with Crippen molar-refractivity contribution in [2.45, 2.75) is 6.92 Å². The molecule has 0 amide bonds. The first kappa shape index (κ1) is 13.9. The molecule has 0 spiro atoms. The van der Waals surface area contributed by atoms with Crippen LogP contribution in [-0.4, -0.2) is 0 Å². The van der Waals surface area contributed by atoms with Gasteiger partial charge in [-0.25, -0.2) is 4.39 Å². The zero-order valence-corrected chi connectivity index (χ0v) is 12.3. The Morgan fingerprint density at radius 3 is 2.68 bits per heavy atom. The van der Waals surface area contributed by atoms with Crippen LogP contribution in [0.1, 0.15) is 11.1 Å². The van der Waals surface area contributed by atoms with Crippen molar-refractivity contribution in [1.82, 2.24) is 0 Å². The van der Waals surface area contributed by atoms with Crippen LogP contribution >= 0.6 is 27.5 Å². The number of benzene rings is 2. The molecule has 0 fully saturated rings. The molecule has 2 aromatic rings. The molecule has 0 aliphatic heterocycles. The number of anilines is 2. The lowest BCUT2D eigenvalue weighted by Gasteiger charge is -2.11. The Morgan fingerprint density at radius 2 is 2.05 bits per heavy atom. The maximum absolute atomic E-state index is 13.3. The minimum atomic E-state index is -0.305. The molecule has 19 heavy (non-hydrogen) atoms. The summed E-state index contributed by atoms with van der Waals surface area (Å²) in [6, 6.07) is 10.2. The van der Waals surface area contributed by atoms with Crippen LogP contribution in [0.4, 0.5) is 15.8 Å². The molecule has 2 rings (SSSR count). The van der Waals surface area contributed by atoms with Gasteiger partial charge in [0, 0.05) is 11.4 Å². The first-order valence-electron chi connectivity index (χ1n) is 5.43. The number of nitrogens with zero attached hydrogens (tertiary/aromatic N) is 1. The van der Waals surface area contributed by atoms with Crippen molar-refractivity contribution in [2.24, 2.45) is 0 Å². The predicted octanol–water partition coefficient (Wildman–Crippen LogP) is 5.17. The molecule has 0 atom stereocenters. The van der Waals surface area contributed by atoms with Crippen LogP contribution in [0.3, 0.4) is 0 Å². The molecule has 0 heterocycles. The smallest absolute Gasteiger partial charge is 0.137 e. The van der Waals surface area contributed by atoms with E-state index in [2.05, 4.69) is 21.2 Å². The SMILES string of the molecule is Cc1cc(F)c(Br)cc1Nc1ccc(C#N)c(Cl)c1. The summed E-state index contributed by atoms with van der Waals surface area (Å²) in [5.74, 6) is -0.305. The highest BCUT2D eigenvalue weighted by molar-refractivity contribution is 9.10. The third-order valence-electron chi connectivity index (χ3n) is 2.64. The lowest BCUT2D eigenvalue weighted by Crippen LogP contribution is -1.95. The Labute approximate surface area is 123 Å². The average Bonchev–Trinajstić information content (AvgIpc) is 2.36. The van der Waals surface area contributed by atoms with E-state index < -0.39 is 0 Å². The van der Waals surface area contributed by atoms with Gasteiger partial charge in [0.1, 0.15) is 11.9 Å². The van der Waals surface area contributed by atoms with Crippen LogP contribution in [0, 0.1) is 24.1 Å². The van der Waals surface area contributed by atoms with E-state index >= 15 is 0 Å². The third kappa shape index (κ3) is 3.06. The highest BCUT2D eigenvalue weighted by atomic mass is 79.9. The molecule has 5 heteroatoms. The second-order valence-electron chi connectivity index (χ2n) is 4.01. The van der Waals surface area contributed by atoms with Gasteiger partial charge in [-0.1, -0.05) is 11.6 Å². The number of halogens is 3. The summed E-state index contributed by atoms with van der Waals surface area (Å²) in [4.78, 5) is 0. The molecule has 0 unspecified atom stereocenters. The van der Waals surface area contributed by atoms with Crippen molar-refractivity contribution in [3.63, 3.8) is 0 Å². The Morgan fingerprint density at radius 1 is 1.32 bits per heavy atom. The second kappa shape index (κ2) is 5.60. The van der Waals surface area contributed by atoms with Crippen molar-refractivity contribution in [3.05, 3.63) is 56.8 Å². The number of nitrogens with one attached hydrogen (secondary N) is 1. The Bertz CT molecular complexity index is 680. The monoisotopic (exact) mass is 338 g/mol. The zero-order chi connectivity index (χ0) is 14.0. The van der Waals surface area contributed by atoms with Crippen molar-refractivity contribution >= 4 is 38.9 Å².